The van der Waals surface area contributed by atoms with Gasteiger partial charge < -0.3 is 24.5 Å². The molecule has 1 spiro atoms. The van der Waals surface area contributed by atoms with E-state index in [2.05, 4.69) is 0 Å². The number of anilines is 2. The van der Waals surface area contributed by atoms with Gasteiger partial charge in [-0.25, -0.2) is 0 Å². The van der Waals surface area contributed by atoms with Gasteiger partial charge >= 0.3 is 0 Å². The molecule has 0 radical (unpaired) electrons. The molecular formula is C35H35N3O5. The summed E-state index contributed by atoms with van der Waals surface area (Å²) in [5.74, 6) is -2.66. The molecule has 7 rings (SSSR count). The Bertz CT molecular complexity index is 1670. The minimum absolute atomic E-state index is 0.219. The number of hydrogen-bond donors (Lipinski definition) is 1. The van der Waals surface area contributed by atoms with Gasteiger partial charge in [0.25, 0.3) is 5.91 Å². The van der Waals surface area contributed by atoms with Crippen molar-refractivity contribution >= 4 is 39.9 Å². The van der Waals surface area contributed by atoms with Crippen LogP contribution in [0.4, 0.5) is 11.4 Å². The number of nitrogens with zero attached hydrogens (tertiary/aromatic N) is 3. The predicted molar refractivity (Wildman–Crippen MR) is 164 cm³/mol. The van der Waals surface area contributed by atoms with Gasteiger partial charge in [-0.15, -0.1) is 0 Å². The first kappa shape index (κ1) is 27.6. The molecule has 3 amide bonds. The maximum atomic E-state index is 14.8. The van der Waals surface area contributed by atoms with Crippen LogP contribution in [0.5, 0.6) is 0 Å². The molecule has 4 heterocycles. The maximum Gasteiger partial charge on any atom is 0.253 e. The predicted octanol–water partition coefficient (Wildman–Crippen LogP) is 4.09. The van der Waals surface area contributed by atoms with Crippen molar-refractivity contribution in [2.45, 2.75) is 43.6 Å². The van der Waals surface area contributed by atoms with Crippen LogP contribution in [0.1, 0.15) is 20.3 Å². The number of likely N-dealkylation sites (tertiary alicyclic amines) is 1. The number of amides is 3. The van der Waals surface area contributed by atoms with Gasteiger partial charge in [-0.05, 0) is 48.4 Å². The second-order valence-electron chi connectivity index (χ2n) is 12.1. The fourth-order valence-corrected chi connectivity index (χ4v) is 7.68. The summed E-state index contributed by atoms with van der Waals surface area (Å²) in [7, 11) is 0. The first-order valence-corrected chi connectivity index (χ1v) is 15.0. The zero-order valence-corrected chi connectivity index (χ0v) is 24.3. The van der Waals surface area contributed by atoms with Crippen molar-refractivity contribution in [3.63, 3.8) is 0 Å². The lowest BCUT2D eigenvalue weighted by molar-refractivity contribution is -0.148. The highest BCUT2D eigenvalue weighted by Crippen LogP contribution is 2.58. The van der Waals surface area contributed by atoms with E-state index in [4.69, 9.17) is 4.74 Å². The van der Waals surface area contributed by atoms with Crippen LogP contribution in [0.3, 0.4) is 0 Å². The Morgan fingerprint density at radius 2 is 1.49 bits per heavy atom. The maximum absolute atomic E-state index is 14.8. The van der Waals surface area contributed by atoms with Crippen molar-refractivity contribution in [1.29, 1.82) is 0 Å². The van der Waals surface area contributed by atoms with E-state index in [0.29, 0.717) is 18.7 Å². The number of aliphatic hydroxyl groups is 1. The minimum atomic E-state index is -1.39. The molecule has 3 aromatic carbocycles. The second-order valence-corrected chi connectivity index (χ2v) is 12.1. The molecule has 8 heteroatoms. The van der Waals surface area contributed by atoms with E-state index in [-0.39, 0.29) is 30.9 Å². The number of ether oxygens (including phenoxy) is 1. The molecule has 0 saturated carbocycles. The van der Waals surface area contributed by atoms with E-state index in [0.717, 1.165) is 16.5 Å². The van der Waals surface area contributed by atoms with Gasteiger partial charge in [0.1, 0.15) is 11.6 Å². The van der Waals surface area contributed by atoms with Crippen LogP contribution in [0, 0.1) is 11.8 Å². The number of benzene rings is 3. The fraction of sp³-hybridized carbons (Fsp3) is 0.343. The van der Waals surface area contributed by atoms with E-state index in [1.54, 1.807) is 9.80 Å². The summed E-state index contributed by atoms with van der Waals surface area (Å²) in [5.41, 5.74) is -1.06. The number of hydrogen-bond acceptors (Lipinski definition) is 5. The molecule has 3 aromatic rings. The molecule has 2 fully saturated rings. The molecule has 1 unspecified atom stereocenters. The molecule has 43 heavy (non-hydrogen) atoms. The molecule has 8 nitrogen and oxygen atoms in total. The third-order valence-electron chi connectivity index (χ3n) is 9.68. The quantitative estimate of drug-likeness (QED) is 0.462. The summed E-state index contributed by atoms with van der Waals surface area (Å²) >= 11 is 0. The molecule has 4 aliphatic heterocycles. The molecule has 1 N–H and O–H groups in total. The Labute approximate surface area is 250 Å². The van der Waals surface area contributed by atoms with Crippen molar-refractivity contribution in [3.05, 3.63) is 97.1 Å². The van der Waals surface area contributed by atoms with Crippen molar-refractivity contribution in [2.24, 2.45) is 11.8 Å². The smallest absolute Gasteiger partial charge is 0.253 e. The standard InChI is InChI=1S/C35H35N3O5/c1-3-25(22-39)38-30-33(42)37(27-16-15-23-11-7-8-12-24(23)21-27)20-10-18-35(30)29(32(38)41)28-31(40)36(26-13-5-4-6-14-26)19-9-17-34(28,2)43-35/h4-18,21,25,28-30,39H,3,19-20,22H2,1-2H3/t25-,28-,29-,30?,34+,35-/m0/s1. The third kappa shape index (κ3) is 4.00. The molecule has 2 saturated heterocycles. The van der Waals surface area contributed by atoms with Crippen molar-refractivity contribution in [1.82, 2.24) is 4.90 Å². The van der Waals surface area contributed by atoms with Crippen molar-refractivity contribution in [3.8, 4) is 0 Å². The van der Waals surface area contributed by atoms with Gasteiger partial charge in [-0.2, -0.15) is 0 Å². The lowest BCUT2D eigenvalue weighted by Crippen LogP contribution is -2.58. The fourth-order valence-electron chi connectivity index (χ4n) is 7.68. The first-order valence-electron chi connectivity index (χ1n) is 15.0. The van der Waals surface area contributed by atoms with Gasteiger partial charge in [-0.3, -0.25) is 14.4 Å². The average molecular weight is 578 g/mol. The molecule has 0 aromatic heterocycles. The van der Waals surface area contributed by atoms with Gasteiger partial charge in [-0.1, -0.05) is 79.8 Å². The zero-order valence-electron chi connectivity index (χ0n) is 24.3. The van der Waals surface area contributed by atoms with Crippen LogP contribution >= 0.6 is 0 Å². The topological polar surface area (TPSA) is 90.4 Å². The summed E-state index contributed by atoms with van der Waals surface area (Å²) < 4.78 is 6.93. The van der Waals surface area contributed by atoms with Crippen molar-refractivity contribution in [2.75, 3.05) is 29.5 Å². The highest BCUT2D eigenvalue weighted by atomic mass is 16.5. The molecular weight excluding hydrogens is 542 g/mol. The monoisotopic (exact) mass is 577 g/mol. The van der Waals surface area contributed by atoms with Crippen LogP contribution in [-0.4, -0.2) is 70.7 Å². The number of carbonyl (C=O) groups is 3. The Kier molecular flexibility index (Phi) is 6.52. The molecule has 0 bridgehead atoms. The molecule has 220 valence electrons. The summed E-state index contributed by atoms with van der Waals surface area (Å²) in [5, 5.41) is 12.5. The second kappa shape index (κ2) is 10.2. The number of aliphatic hydroxyl groups excluding tert-OH is 1. The van der Waals surface area contributed by atoms with Gasteiger partial charge in [0.2, 0.25) is 11.8 Å². The molecule has 0 aliphatic carbocycles. The summed E-state index contributed by atoms with van der Waals surface area (Å²) in [4.78, 5) is 48.7. The third-order valence-corrected chi connectivity index (χ3v) is 9.68. The van der Waals surface area contributed by atoms with E-state index in [1.165, 1.54) is 4.90 Å². The van der Waals surface area contributed by atoms with Crippen LogP contribution in [0.2, 0.25) is 0 Å². The average Bonchev–Trinajstić information content (AvgIpc) is 3.29. The molecule has 4 aliphatic rings. The van der Waals surface area contributed by atoms with Crippen LogP contribution < -0.4 is 9.80 Å². The Morgan fingerprint density at radius 3 is 2.21 bits per heavy atom. The van der Waals surface area contributed by atoms with Gasteiger partial charge in [0.15, 0.2) is 0 Å². The largest absolute Gasteiger partial charge is 0.394 e. The van der Waals surface area contributed by atoms with Gasteiger partial charge in [0.05, 0.1) is 30.1 Å². The number of para-hydroxylation sites is 1. The van der Waals surface area contributed by atoms with Crippen LogP contribution in [-0.2, 0) is 19.1 Å². The zero-order chi connectivity index (χ0) is 29.9. The van der Waals surface area contributed by atoms with Crippen LogP contribution in [0.15, 0.2) is 97.1 Å². The Balaban J connectivity index is 1.36. The van der Waals surface area contributed by atoms with E-state index >= 15 is 0 Å². The minimum Gasteiger partial charge on any atom is -0.394 e. The Morgan fingerprint density at radius 1 is 0.814 bits per heavy atom. The highest BCUT2D eigenvalue weighted by Gasteiger charge is 2.75. The summed E-state index contributed by atoms with van der Waals surface area (Å²) in [6, 6.07) is 21.6. The summed E-state index contributed by atoms with van der Waals surface area (Å²) in [6.45, 7) is 4.05. The summed E-state index contributed by atoms with van der Waals surface area (Å²) in [6.07, 6.45) is 7.96. The molecule has 6 atom stereocenters. The number of rotatable bonds is 5. The Hall–Kier alpha value is -4.27. The number of carbonyl (C=O) groups excluding carboxylic acids is 3. The SMILES string of the molecule is CC[C@@H](CO)N1C(=O)[C@@H]2[C@H]3C(=O)N(c4ccccc4)CC=C[C@@]3(C)O[C@@]23C=CCN(c2ccc4ccccc4c2)C(=O)C13. The van der Waals surface area contributed by atoms with E-state index in [9.17, 15) is 19.5 Å². The normalized spacial score (nSPS) is 30.7. The lowest BCUT2D eigenvalue weighted by atomic mass is 9.74. The van der Waals surface area contributed by atoms with Crippen LogP contribution in [0.25, 0.3) is 10.8 Å². The van der Waals surface area contributed by atoms with E-state index < -0.39 is 35.1 Å². The lowest BCUT2D eigenvalue weighted by Gasteiger charge is -2.40. The van der Waals surface area contributed by atoms with Gasteiger partial charge in [0, 0.05) is 24.5 Å². The number of fused-ring (bicyclic) bond motifs is 3. The highest BCUT2D eigenvalue weighted by molar-refractivity contribution is 6.08. The first-order chi connectivity index (χ1) is 20.8. The van der Waals surface area contributed by atoms with Crippen molar-refractivity contribution < 1.29 is 24.2 Å². The van der Waals surface area contributed by atoms with E-state index in [1.807, 2.05) is 111 Å².